The number of esters is 1. The number of carbonyl (C=O) groups is 1. The first-order valence-electron chi connectivity index (χ1n) is 9.73. The van der Waals surface area contributed by atoms with Crippen molar-refractivity contribution in [3.8, 4) is 28.7 Å². The van der Waals surface area contributed by atoms with Crippen LogP contribution in [0.4, 0.5) is 0 Å². The topological polar surface area (TPSA) is 105 Å². The lowest BCUT2D eigenvalue weighted by Gasteiger charge is -2.34. The number of benzene rings is 2. The van der Waals surface area contributed by atoms with Gasteiger partial charge in [-0.15, -0.1) is 0 Å². The molecule has 3 atom stereocenters. The van der Waals surface area contributed by atoms with Crippen LogP contribution in [0.5, 0.6) is 28.7 Å². The first kappa shape index (κ1) is 19.3. The number of hydrogen-bond acceptors (Lipinski definition) is 9. The predicted octanol–water partition coefficient (Wildman–Crippen LogP) is 2.55. The van der Waals surface area contributed by atoms with Crippen molar-refractivity contribution in [2.75, 3.05) is 34.7 Å². The zero-order valence-electron chi connectivity index (χ0n) is 17.2. The van der Waals surface area contributed by atoms with Crippen LogP contribution in [0.2, 0.25) is 0 Å². The molecule has 9 heteroatoms. The maximum atomic E-state index is 12.8. The van der Waals surface area contributed by atoms with E-state index in [1.54, 1.807) is 6.07 Å². The molecule has 2 aromatic rings. The first-order valence-corrected chi connectivity index (χ1v) is 9.73. The van der Waals surface area contributed by atoms with E-state index in [0.717, 1.165) is 11.1 Å². The highest BCUT2D eigenvalue weighted by Crippen LogP contribution is 2.52. The number of oxime groups is 1. The minimum absolute atomic E-state index is 0.105. The molecular formula is C22H21NO8. The average Bonchev–Trinajstić information content (AvgIpc) is 3.41. The Labute approximate surface area is 178 Å². The number of nitrogens with zero attached hydrogens (tertiary/aromatic N) is 1. The van der Waals surface area contributed by atoms with Crippen molar-refractivity contribution in [2.45, 2.75) is 5.92 Å². The molecule has 1 aliphatic carbocycles. The van der Waals surface area contributed by atoms with Gasteiger partial charge in [0, 0.05) is 11.5 Å². The van der Waals surface area contributed by atoms with Crippen LogP contribution in [0.25, 0.3) is 0 Å². The highest BCUT2D eigenvalue weighted by Gasteiger charge is 2.51. The second-order valence-electron chi connectivity index (χ2n) is 7.48. The van der Waals surface area contributed by atoms with Crippen LogP contribution in [0, 0.1) is 11.8 Å². The summed E-state index contributed by atoms with van der Waals surface area (Å²) >= 11 is 0. The van der Waals surface area contributed by atoms with Crippen molar-refractivity contribution in [1.82, 2.24) is 0 Å². The van der Waals surface area contributed by atoms with E-state index in [2.05, 4.69) is 5.16 Å². The third-order valence-electron chi connectivity index (χ3n) is 6.13. The van der Waals surface area contributed by atoms with E-state index >= 15 is 0 Å². The number of rotatable bonds is 4. The molecule has 0 saturated carbocycles. The summed E-state index contributed by atoms with van der Waals surface area (Å²) in [6.07, 6.45) is 0. The fourth-order valence-electron chi connectivity index (χ4n) is 4.78. The van der Waals surface area contributed by atoms with Gasteiger partial charge in [-0.2, -0.15) is 0 Å². The Morgan fingerprint density at radius 2 is 1.65 bits per heavy atom. The van der Waals surface area contributed by atoms with Gasteiger partial charge in [-0.05, 0) is 35.4 Å². The molecule has 0 aromatic heterocycles. The normalized spacial score (nSPS) is 24.4. The number of carbonyl (C=O) groups excluding carboxylic acids is 1. The third-order valence-corrected chi connectivity index (χ3v) is 6.13. The van der Waals surface area contributed by atoms with E-state index in [9.17, 15) is 10.0 Å². The molecule has 1 fully saturated rings. The van der Waals surface area contributed by atoms with Crippen LogP contribution < -0.4 is 23.7 Å². The molecule has 0 amide bonds. The van der Waals surface area contributed by atoms with Gasteiger partial charge in [0.1, 0.15) is 6.61 Å². The molecule has 3 aliphatic rings. The zero-order chi connectivity index (χ0) is 21.7. The monoisotopic (exact) mass is 427 g/mol. The van der Waals surface area contributed by atoms with Crippen LogP contribution >= 0.6 is 0 Å². The van der Waals surface area contributed by atoms with E-state index < -0.39 is 17.8 Å². The highest BCUT2D eigenvalue weighted by atomic mass is 16.7. The van der Waals surface area contributed by atoms with Crippen LogP contribution in [0.3, 0.4) is 0 Å². The van der Waals surface area contributed by atoms with Crippen molar-refractivity contribution in [3.05, 3.63) is 41.0 Å². The van der Waals surface area contributed by atoms with Gasteiger partial charge in [0.05, 0.1) is 38.9 Å². The Balaban J connectivity index is 1.77. The SMILES string of the molecule is COc1cc([C@@H]2c3cc4c(cc3/C(=N/O)[C@@H]3COC(=O)[C@H]23)OCO4)cc(OC)c1OC. The standard InChI is InChI=1S/C22H21NO8/c1-26-16-4-10(5-17(27-2)21(16)28-3)18-11-6-14-15(31-9-30-14)7-12(11)20(23-25)13-8-29-22(24)19(13)18/h4-7,13,18-19,25H,8-9H2,1-3H3/b23-20-/t13-,18-,19+/m1/s1. The van der Waals surface area contributed by atoms with Crippen molar-refractivity contribution in [2.24, 2.45) is 17.0 Å². The molecule has 1 N–H and O–H groups in total. The summed E-state index contributed by atoms with van der Waals surface area (Å²) in [5.41, 5.74) is 2.63. The third kappa shape index (κ3) is 2.76. The molecule has 31 heavy (non-hydrogen) atoms. The quantitative estimate of drug-likeness (QED) is 0.451. The number of fused-ring (bicyclic) bond motifs is 3. The van der Waals surface area contributed by atoms with E-state index in [-0.39, 0.29) is 19.4 Å². The smallest absolute Gasteiger partial charge is 0.310 e. The Kier molecular flexibility index (Phi) is 4.53. The fourth-order valence-corrected chi connectivity index (χ4v) is 4.78. The number of hydrogen-bond donors (Lipinski definition) is 1. The summed E-state index contributed by atoms with van der Waals surface area (Å²) in [6.45, 7) is 0.241. The van der Waals surface area contributed by atoms with Crippen LogP contribution in [-0.4, -0.2) is 51.6 Å². The zero-order valence-corrected chi connectivity index (χ0v) is 17.2. The molecule has 0 radical (unpaired) electrons. The maximum Gasteiger partial charge on any atom is 0.310 e. The Morgan fingerprint density at radius 1 is 0.968 bits per heavy atom. The summed E-state index contributed by atoms with van der Waals surface area (Å²) in [7, 11) is 4.61. The van der Waals surface area contributed by atoms with Gasteiger partial charge >= 0.3 is 5.97 Å². The minimum Gasteiger partial charge on any atom is -0.493 e. The van der Waals surface area contributed by atoms with E-state index in [0.29, 0.717) is 40.0 Å². The summed E-state index contributed by atoms with van der Waals surface area (Å²) in [5, 5.41) is 13.3. The van der Waals surface area contributed by atoms with Crippen molar-refractivity contribution in [1.29, 1.82) is 0 Å². The molecule has 5 rings (SSSR count). The molecule has 0 bridgehead atoms. The Morgan fingerprint density at radius 3 is 2.26 bits per heavy atom. The van der Waals surface area contributed by atoms with Crippen molar-refractivity contribution in [3.63, 3.8) is 0 Å². The van der Waals surface area contributed by atoms with E-state index in [1.165, 1.54) is 21.3 Å². The summed E-state index contributed by atoms with van der Waals surface area (Å²) < 4.78 is 33.0. The first-order chi connectivity index (χ1) is 15.1. The van der Waals surface area contributed by atoms with Crippen LogP contribution in [-0.2, 0) is 9.53 Å². The minimum atomic E-state index is -0.582. The van der Waals surface area contributed by atoms with Crippen LogP contribution in [0.15, 0.2) is 29.4 Å². The number of methoxy groups -OCH3 is 3. The lowest BCUT2D eigenvalue weighted by Crippen LogP contribution is -2.36. The molecular weight excluding hydrogens is 406 g/mol. The number of ether oxygens (including phenoxy) is 6. The van der Waals surface area contributed by atoms with Gasteiger partial charge in [-0.1, -0.05) is 5.16 Å². The maximum absolute atomic E-state index is 12.8. The predicted molar refractivity (Wildman–Crippen MR) is 107 cm³/mol. The van der Waals surface area contributed by atoms with Gasteiger partial charge in [0.2, 0.25) is 12.5 Å². The molecule has 1 saturated heterocycles. The lowest BCUT2D eigenvalue weighted by molar-refractivity contribution is -0.141. The van der Waals surface area contributed by atoms with Gasteiger partial charge in [0.25, 0.3) is 0 Å². The van der Waals surface area contributed by atoms with Gasteiger partial charge in [-0.25, -0.2) is 0 Å². The van der Waals surface area contributed by atoms with Gasteiger partial charge in [0.15, 0.2) is 23.0 Å². The Bertz CT molecular complexity index is 1070. The fraction of sp³-hybridized carbons (Fsp3) is 0.364. The van der Waals surface area contributed by atoms with Gasteiger partial charge < -0.3 is 33.6 Å². The van der Waals surface area contributed by atoms with Gasteiger partial charge in [-0.3, -0.25) is 4.79 Å². The molecule has 2 heterocycles. The van der Waals surface area contributed by atoms with Crippen molar-refractivity contribution < 1.29 is 38.4 Å². The molecule has 0 unspecified atom stereocenters. The molecule has 9 nitrogen and oxygen atoms in total. The largest absolute Gasteiger partial charge is 0.493 e. The van der Waals surface area contributed by atoms with E-state index in [1.807, 2.05) is 18.2 Å². The van der Waals surface area contributed by atoms with Crippen LogP contribution in [0.1, 0.15) is 22.6 Å². The average molecular weight is 427 g/mol. The summed E-state index contributed by atoms with van der Waals surface area (Å²) in [4.78, 5) is 12.8. The summed E-state index contributed by atoms with van der Waals surface area (Å²) in [6, 6.07) is 7.27. The number of cyclic esters (lactones) is 1. The molecule has 0 spiro atoms. The second kappa shape index (κ2) is 7.26. The molecule has 2 aromatic carbocycles. The summed E-state index contributed by atoms with van der Waals surface area (Å²) in [5.74, 6) is 0.782. The second-order valence-corrected chi connectivity index (χ2v) is 7.48. The van der Waals surface area contributed by atoms with E-state index in [4.69, 9.17) is 28.4 Å². The van der Waals surface area contributed by atoms with Crippen molar-refractivity contribution >= 4 is 11.7 Å². The molecule has 2 aliphatic heterocycles. The molecule has 162 valence electrons. The Hall–Kier alpha value is -3.62. The lowest BCUT2D eigenvalue weighted by atomic mass is 9.66. The highest BCUT2D eigenvalue weighted by molar-refractivity contribution is 6.08.